The van der Waals surface area contributed by atoms with Crippen molar-refractivity contribution >= 4 is 141 Å². The Balaban J connectivity index is 1.72. The van der Waals surface area contributed by atoms with Crippen LogP contribution in [0.1, 0.15) is 166 Å². The molecule has 0 fully saturated rings. The predicted molar refractivity (Wildman–Crippen MR) is 425 cm³/mol. The van der Waals surface area contributed by atoms with Crippen LogP contribution in [0.25, 0.3) is 10.9 Å². The number of hydrogen-bond acceptors (Lipinski definition) is 24. The number of nitrogens with two attached hydrogens (primary N) is 4. The summed E-state index contributed by atoms with van der Waals surface area (Å²) < 4.78 is 0. The lowest BCUT2D eigenvalue weighted by Crippen LogP contribution is -2.61. The molecule has 28 N–H and O–H groups in total. The van der Waals surface area contributed by atoms with E-state index in [0.717, 1.165) is 65.7 Å². The lowest BCUT2D eigenvalue weighted by Gasteiger charge is -2.27. The van der Waals surface area contributed by atoms with Gasteiger partial charge in [0, 0.05) is 47.6 Å². The summed E-state index contributed by atoms with van der Waals surface area (Å²) in [4.78, 5) is 279. The fourth-order valence-electron chi connectivity index (χ4n) is 12.1. The number of aliphatic hydroxyl groups is 1. The number of hydrogen-bond donors (Lipinski definition) is 24. The van der Waals surface area contributed by atoms with Crippen molar-refractivity contribution in [1.29, 1.82) is 0 Å². The molecule has 0 bridgehead atoms. The summed E-state index contributed by atoms with van der Waals surface area (Å²) in [6, 6.07) is -8.64. The van der Waals surface area contributed by atoms with Crippen molar-refractivity contribution in [2.24, 2.45) is 29.0 Å². The van der Waals surface area contributed by atoms with E-state index in [2.05, 4.69) is 66.7 Å². The molecule has 3 aromatic rings. The lowest BCUT2D eigenvalue weighted by atomic mass is 9.95. The molecule has 666 valence electrons. The smallest absolute Gasteiger partial charge is 0.326 e. The van der Waals surface area contributed by atoms with Crippen LogP contribution in [-0.4, -0.2) is 252 Å². The standard InChI is InChI=1S/C76H110N18O27/c1-6-37(2)18-11-9-7-8-10-12-24-57(99)86-47(27-41-34-81-45-22-16-14-19-42(41)45)70(114)89-49(30-56(80)98)71(115)91-52(33-63(108)109)73(117)94-65(40(5)95)74(118)83-36-58(100)85-46(23-17-25-77)68(112)90-51(32-62(106)107)69(113)84-39(4)66(110)88-50(31-61(104)105)67(111)82-35-59(101)87-48(29-55(79)97)72(116)93-64(38(3)26-60(102)103)75(119)92-53(76(120)121)28-54(96)43-20-13-15-21-44(43)78/h13-16,19-22,34,37-40,46-53,64-65,81,95H,6-12,17-18,23-33,35-36,77-78H2,1-5H3,(H2,79,97)(H2,80,98)(H,82,111)(H,83,118)(H,84,113)(H,85,100)(H,86,99)(H,87,101)(H,88,110)(H,89,114)(H,90,112)(H,91,115)(H,92,119)(H,93,116)(H,94,117)(H,102,103)(H,104,105)(H,106,107)(H,108,109)(H,120,121)/t37?,38?,39-,40-,46+,47+,48-,49-,50+,51+,52+,53+,64+,65+/m1/s1. The van der Waals surface area contributed by atoms with Gasteiger partial charge in [-0.15, -0.1) is 0 Å². The molecule has 0 aliphatic rings. The molecule has 121 heavy (non-hydrogen) atoms. The minimum absolute atomic E-state index is 0.0302. The highest BCUT2D eigenvalue weighted by Gasteiger charge is 2.39. The second-order valence-corrected chi connectivity index (χ2v) is 29.0. The van der Waals surface area contributed by atoms with Crippen molar-refractivity contribution in [2.75, 3.05) is 25.4 Å². The van der Waals surface area contributed by atoms with E-state index in [0.29, 0.717) is 28.8 Å². The number of fused-ring (bicyclic) bond motifs is 1. The maximum absolute atomic E-state index is 14.2. The molecule has 0 spiro atoms. The number of Topliss-reactive ketones (excluding diaryl/α,β-unsaturated/α-hetero) is 1. The number of rotatable bonds is 58. The summed E-state index contributed by atoms with van der Waals surface area (Å²) in [5, 5.41) is 88.1. The highest BCUT2D eigenvalue weighted by atomic mass is 16.4. The Labute approximate surface area is 693 Å². The number of carbonyl (C=O) groups is 21. The highest BCUT2D eigenvalue weighted by Crippen LogP contribution is 2.22. The van der Waals surface area contributed by atoms with Crippen LogP contribution >= 0.6 is 0 Å². The first-order chi connectivity index (χ1) is 56.9. The number of aliphatic carboxylic acids is 5. The molecule has 45 nitrogen and oxygen atoms in total. The number of primary amides is 2. The van der Waals surface area contributed by atoms with Gasteiger partial charge in [-0.1, -0.05) is 96.0 Å². The number of aliphatic hydroxyl groups excluding tert-OH is 1. The van der Waals surface area contributed by atoms with Crippen LogP contribution in [0.4, 0.5) is 5.69 Å². The minimum atomic E-state index is -2.14. The SMILES string of the molecule is CCC(C)CCCCCCCCC(=O)N[C@@H](Cc1c[nH]c2ccccc12)C(=O)N[C@H](CC(N)=O)C(=O)N[C@@H](CC(=O)O)C(=O)N[C@H](C(=O)NCC(=O)N[C@@H](CCCN)C(=O)N[C@@H](CC(=O)O)C(=O)N[C@H](C)C(=O)N[C@@H](CC(=O)O)C(=O)NCC(=O)N[C@H](CC(N)=O)C(=O)N[C@H](C(=O)N[C@@H](CC(=O)c1ccccc1N)C(=O)O)C(C)CC(=O)O)[C@@H](C)O. The van der Waals surface area contributed by atoms with E-state index in [1.807, 2.05) is 21.3 Å². The van der Waals surface area contributed by atoms with Gasteiger partial charge in [0.15, 0.2) is 5.78 Å². The number of amides is 15. The van der Waals surface area contributed by atoms with Gasteiger partial charge in [0.1, 0.15) is 66.5 Å². The number of nitrogens with one attached hydrogen (secondary N) is 14. The third-order valence-corrected chi connectivity index (χ3v) is 18.8. The van der Waals surface area contributed by atoms with E-state index in [1.165, 1.54) is 24.3 Å². The van der Waals surface area contributed by atoms with E-state index in [9.17, 15) is 131 Å². The van der Waals surface area contributed by atoms with Crippen molar-refractivity contribution in [2.45, 2.75) is 229 Å². The van der Waals surface area contributed by atoms with Crippen molar-refractivity contribution in [3.63, 3.8) is 0 Å². The molecule has 0 aliphatic carbocycles. The highest BCUT2D eigenvalue weighted by molar-refractivity contribution is 6.05. The van der Waals surface area contributed by atoms with Gasteiger partial charge in [-0.3, -0.25) is 95.9 Å². The quantitative estimate of drug-likeness (QED) is 0.0143. The van der Waals surface area contributed by atoms with Crippen molar-refractivity contribution in [3.05, 3.63) is 65.9 Å². The number of aromatic nitrogens is 1. The molecule has 0 radical (unpaired) electrons. The number of benzene rings is 2. The fourth-order valence-corrected chi connectivity index (χ4v) is 12.1. The first-order valence-corrected chi connectivity index (χ1v) is 38.8. The Morgan fingerprint density at radius 1 is 0.413 bits per heavy atom. The molecule has 3 rings (SSSR count). The van der Waals surface area contributed by atoms with Crippen molar-refractivity contribution in [3.8, 4) is 0 Å². The van der Waals surface area contributed by atoms with Gasteiger partial charge in [0.25, 0.3) is 0 Å². The topological polar surface area (TPSA) is 756 Å². The maximum atomic E-state index is 14.2. The van der Waals surface area contributed by atoms with Crippen molar-refractivity contribution in [1.82, 2.24) is 74.1 Å². The Morgan fingerprint density at radius 2 is 0.851 bits per heavy atom. The van der Waals surface area contributed by atoms with Gasteiger partial charge in [-0.05, 0) is 75.3 Å². The van der Waals surface area contributed by atoms with Crippen molar-refractivity contribution < 1.29 is 131 Å². The van der Waals surface area contributed by atoms with E-state index in [-0.39, 0.29) is 43.5 Å². The number of nitrogen functional groups attached to an aromatic ring is 1. The summed E-state index contributed by atoms with van der Waals surface area (Å²) in [6.45, 7) is 5.02. The molecule has 14 atom stereocenters. The minimum Gasteiger partial charge on any atom is -0.481 e. The molecule has 0 saturated heterocycles. The number of carboxylic acid groups (broad SMARTS) is 5. The Hall–Kier alpha value is -13.2. The Kier molecular flexibility index (Phi) is 43.7. The maximum Gasteiger partial charge on any atom is 0.326 e. The number of anilines is 1. The first-order valence-electron chi connectivity index (χ1n) is 38.8. The van der Waals surface area contributed by atoms with Gasteiger partial charge >= 0.3 is 29.8 Å². The summed E-state index contributed by atoms with van der Waals surface area (Å²) in [5.74, 6) is -28.8. The summed E-state index contributed by atoms with van der Waals surface area (Å²) in [5.41, 5.74) is 23.4. The lowest BCUT2D eigenvalue weighted by molar-refractivity contribution is -0.143. The fraction of sp³-hybridized carbons (Fsp3) is 0.539. The number of carbonyl (C=O) groups excluding carboxylic acids is 16. The van der Waals surface area contributed by atoms with Crippen LogP contribution in [0.5, 0.6) is 0 Å². The zero-order valence-electron chi connectivity index (χ0n) is 67.4. The van der Waals surface area contributed by atoms with Crippen LogP contribution in [0, 0.1) is 11.8 Å². The average molecular weight is 1710 g/mol. The van der Waals surface area contributed by atoms with Crippen LogP contribution < -0.4 is 92.1 Å². The Morgan fingerprint density at radius 3 is 1.38 bits per heavy atom. The largest absolute Gasteiger partial charge is 0.481 e. The van der Waals surface area contributed by atoms with Crippen LogP contribution in [0.2, 0.25) is 0 Å². The molecule has 45 heteroatoms. The monoisotopic (exact) mass is 1710 g/mol. The normalized spacial score (nSPS) is 14.5. The first kappa shape index (κ1) is 102. The molecular weight excluding hydrogens is 1600 g/mol. The second-order valence-electron chi connectivity index (χ2n) is 29.0. The number of H-pyrrole nitrogens is 1. The molecule has 1 aromatic heterocycles. The Bertz CT molecular complexity index is 4210. The molecule has 0 saturated carbocycles. The summed E-state index contributed by atoms with van der Waals surface area (Å²) in [6.07, 6.45) is -0.663. The van der Waals surface area contributed by atoms with E-state index >= 15 is 0 Å². The van der Waals surface area contributed by atoms with E-state index in [4.69, 9.17) is 22.9 Å². The van der Waals surface area contributed by atoms with Gasteiger partial charge in [0.2, 0.25) is 88.6 Å². The summed E-state index contributed by atoms with van der Waals surface area (Å²) >= 11 is 0. The second kappa shape index (κ2) is 51.9. The summed E-state index contributed by atoms with van der Waals surface area (Å²) in [7, 11) is 0. The van der Waals surface area contributed by atoms with E-state index in [1.54, 1.807) is 30.5 Å². The van der Waals surface area contributed by atoms with Gasteiger partial charge in [0.05, 0.1) is 57.7 Å². The number of carboxylic acids is 5. The number of aromatic amines is 1. The van der Waals surface area contributed by atoms with Crippen LogP contribution in [-0.2, 0) is 102 Å². The third-order valence-electron chi connectivity index (χ3n) is 18.8. The van der Waals surface area contributed by atoms with Gasteiger partial charge < -0.3 is 128 Å². The zero-order valence-corrected chi connectivity index (χ0v) is 67.4. The molecule has 0 aliphatic heterocycles. The third kappa shape index (κ3) is 37.5. The molecule has 15 amide bonds. The number of unbranched alkanes of at least 4 members (excludes halogenated alkanes) is 5. The van der Waals surface area contributed by atoms with Crippen LogP contribution in [0.3, 0.4) is 0 Å². The molecule has 2 unspecified atom stereocenters. The molecule has 2 aromatic carbocycles. The van der Waals surface area contributed by atoms with E-state index < -0.39 is 261 Å². The average Bonchev–Trinajstić information content (AvgIpc) is 1.69. The predicted octanol–water partition coefficient (Wildman–Crippen LogP) is -5.19. The number of ketones is 1. The van der Waals surface area contributed by atoms with Gasteiger partial charge in [-0.2, -0.15) is 0 Å². The molecule has 1 heterocycles. The number of para-hydroxylation sites is 2. The molecular formula is C76H110N18O27. The van der Waals surface area contributed by atoms with Crippen LogP contribution in [0.15, 0.2) is 54.7 Å². The zero-order chi connectivity index (χ0) is 90.9. The van der Waals surface area contributed by atoms with Gasteiger partial charge in [-0.25, -0.2) is 4.79 Å².